The molecular formula is C19H21FN2O2. The van der Waals surface area contributed by atoms with Gasteiger partial charge in [0, 0.05) is 31.3 Å². The van der Waals surface area contributed by atoms with Gasteiger partial charge in [-0.25, -0.2) is 4.39 Å². The first-order chi connectivity index (χ1) is 11.5. The molecule has 0 unspecified atom stereocenters. The smallest absolute Gasteiger partial charge is 0.226 e. The molecule has 0 spiro atoms. The fraction of sp³-hybridized carbons (Fsp3) is 0.263. The predicted octanol–water partition coefficient (Wildman–Crippen LogP) is 3.77. The Labute approximate surface area is 141 Å². The molecule has 0 aliphatic carbocycles. The standard InChI is InChI=1S/C19H21FN2O2/c1-3-15-6-4-5-7-18(15)21-19(24)12-13-22(14(2)23)17-10-8-16(20)9-11-17/h4-11H,3,12-13H2,1-2H3,(H,21,24). The first-order valence-electron chi connectivity index (χ1n) is 7.92. The lowest BCUT2D eigenvalue weighted by Gasteiger charge is -2.21. The molecule has 2 amide bonds. The van der Waals surface area contributed by atoms with E-state index in [1.54, 1.807) is 0 Å². The summed E-state index contributed by atoms with van der Waals surface area (Å²) in [6, 6.07) is 13.3. The van der Waals surface area contributed by atoms with Gasteiger partial charge in [0.05, 0.1) is 0 Å². The number of amides is 2. The Balaban J connectivity index is 2.00. The van der Waals surface area contributed by atoms with Crippen LogP contribution in [0.4, 0.5) is 15.8 Å². The van der Waals surface area contributed by atoms with E-state index in [9.17, 15) is 14.0 Å². The lowest BCUT2D eigenvalue weighted by molar-refractivity contribution is -0.117. The zero-order valence-electron chi connectivity index (χ0n) is 13.9. The van der Waals surface area contributed by atoms with Gasteiger partial charge in [-0.1, -0.05) is 25.1 Å². The number of hydrogen-bond acceptors (Lipinski definition) is 2. The molecule has 4 nitrogen and oxygen atoms in total. The highest BCUT2D eigenvalue weighted by Crippen LogP contribution is 2.17. The second-order valence-electron chi connectivity index (χ2n) is 5.46. The van der Waals surface area contributed by atoms with Crippen molar-refractivity contribution < 1.29 is 14.0 Å². The van der Waals surface area contributed by atoms with E-state index in [0.717, 1.165) is 17.7 Å². The van der Waals surface area contributed by atoms with Crippen LogP contribution in [0.15, 0.2) is 48.5 Å². The number of hydrogen-bond donors (Lipinski definition) is 1. The van der Waals surface area contributed by atoms with E-state index < -0.39 is 0 Å². The van der Waals surface area contributed by atoms with E-state index in [0.29, 0.717) is 5.69 Å². The Kier molecular flexibility index (Phi) is 6.07. The molecule has 0 aliphatic heterocycles. The Hall–Kier alpha value is -2.69. The van der Waals surface area contributed by atoms with E-state index in [1.807, 2.05) is 31.2 Å². The van der Waals surface area contributed by atoms with Crippen LogP contribution in [0.25, 0.3) is 0 Å². The van der Waals surface area contributed by atoms with Crippen molar-refractivity contribution in [3.05, 3.63) is 59.9 Å². The molecular weight excluding hydrogens is 307 g/mol. The van der Waals surface area contributed by atoms with Crippen LogP contribution in [-0.4, -0.2) is 18.4 Å². The van der Waals surface area contributed by atoms with Crippen LogP contribution in [0.2, 0.25) is 0 Å². The van der Waals surface area contributed by atoms with E-state index in [1.165, 1.54) is 36.1 Å². The predicted molar refractivity (Wildman–Crippen MR) is 93.5 cm³/mol. The summed E-state index contributed by atoms with van der Waals surface area (Å²) in [5.74, 6) is -0.719. The minimum Gasteiger partial charge on any atom is -0.326 e. The fourth-order valence-electron chi connectivity index (χ4n) is 2.47. The molecule has 0 aromatic heterocycles. The maximum atomic E-state index is 13.0. The quantitative estimate of drug-likeness (QED) is 0.877. The summed E-state index contributed by atoms with van der Waals surface area (Å²) >= 11 is 0. The van der Waals surface area contributed by atoms with E-state index in [-0.39, 0.29) is 30.6 Å². The van der Waals surface area contributed by atoms with Crippen LogP contribution < -0.4 is 10.2 Å². The second kappa shape index (κ2) is 8.24. The van der Waals surface area contributed by atoms with Gasteiger partial charge >= 0.3 is 0 Å². The summed E-state index contributed by atoms with van der Waals surface area (Å²) in [4.78, 5) is 25.4. The molecule has 0 fully saturated rings. The normalized spacial score (nSPS) is 10.3. The fourth-order valence-corrected chi connectivity index (χ4v) is 2.47. The van der Waals surface area contributed by atoms with Gasteiger partial charge < -0.3 is 10.2 Å². The Morgan fingerprint density at radius 3 is 2.38 bits per heavy atom. The number of benzene rings is 2. The topological polar surface area (TPSA) is 49.4 Å². The average molecular weight is 328 g/mol. The summed E-state index contributed by atoms with van der Waals surface area (Å²) in [6.45, 7) is 3.69. The van der Waals surface area contributed by atoms with Gasteiger partial charge in [0.1, 0.15) is 5.82 Å². The van der Waals surface area contributed by atoms with Gasteiger partial charge in [-0.3, -0.25) is 9.59 Å². The average Bonchev–Trinajstić information content (AvgIpc) is 2.57. The highest BCUT2D eigenvalue weighted by atomic mass is 19.1. The number of nitrogens with zero attached hydrogens (tertiary/aromatic N) is 1. The summed E-state index contributed by atoms with van der Waals surface area (Å²) in [5.41, 5.74) is 2.43. The summed E-state index contributed by atoms with van der Waals surface area (Å²) in [7, 11) is 0. The molecule has 0 heterocycles. The van der Waals surface area contributed by atoms with Crippen LogP contribution in [0, 0.1) is 5.82 Å². The summed E-state index contributed by atoms with van der Waals surface area (Å²) in [5, 5.41) is 2.88. The third-order valence-electron chi connectivity index (χ3n) is 3.75. The van der Waals surface area contributed by atoms with Crippen molar-refractivity contribution in [2.45, 2.75) is 26.7 Å². The minimum absolute atomic E-state index is 0.162. The SMILES string of the molecule is CCc1ccccc1NC(=O)CCN(C(C)=O)c1ccc(F)cc1. The largest absolute Gasteiger partial charge is 0.326 e. The molecule has 2 rings (SSSR count). The van der Waals surface area contributed by atoms with Gasteiger partial charge in [-0.2, -0.15) is 0 Å². The van der Waals surface area contributed by atoms with Crippen molar-refractivity contribution in [3.8, 4) is 0 Å². The highest BCUT2D eigenvalue weighted by molar-refractivity contribution is 5.95. The monoisotopic (exact) mass is 328 g/mol. The molecule has 2 aromatic carbocycles. The van der Waals surface area contributed by atoms with Crippen molar-refractivity contribution in [2.75, 3.05) is 16.8 Å². The maximum absolute atomic E-state index is 13.0. The number of aryl methyl sites for hydroxylation is 1. The molecule has 0 aliphatic rings. The van der Waals surface area contributed by atoms with Crippen LogP contribution >= 0.6 is 0 Å². The lowest BCUT2D eigenvalue weighted by Crippen LogP contribution is -2.32. The zero-order valence-corrected chi connectivity index (χ0v) is 13.9. The first-order valence-corrected chi connectivity index (χ1v) is 7.92. The van der Waals surface area contributed by atoms with Crippen LogP contribution in [0.3, 0.4) is 0 Å². The number of halogens is 1. The molecule has 0 saturated heterocycles. The highest BCUT2D eigenvalue weighted by Gasteiger charge is 2.14. The number of carbonyl (C=O) groups excluding carboxylic acids is 2. The van der Waals surface area contributed by atoms with Crippen molar-refractivity contribution >= 4 is 23.2 Å². The molecule has 0 bridgehead atoms. The molecule has 0 saturated carbocycles. The first kappa shape index (κ1) is 17.7. The van der Waals surface area contributed by atoms with E-state index in [4.69, 9.17) is 0 Å². The summed E-state index contributed by atoms with van der Waals surface area (Å²) < 4.78 is 13.0. The van der Waals surface area contributed by atoms with Crippen LogP contribution in [0.1, 0.15) is 25.8 Å². The second-order valence-corrected chi connectivity index (χ2v) is 5.46. The number of carbonyl (C=O) groups is 2. The zero-order chi connectivity index (χ0) is 17.5. The maximum Gasteiger partial charge on any atom is 0.226 e. The molecule has 5 heteroatoms. The summed E-state index contributed by atoms with van der Waals surface area (Å²) in [6.07, 6.45) is 0.987. The van der Waals surface area contributed by atoms with Gasteiger partial charge in [-0.15, -0.1) is 0 Å². The van der Waals surface area contributed by atoms with Gasteiger partial charge in [0.25, 0.3) is 0 Å². The Morgan fingerprint density at radius 2 is 1.75 bits per heavy atom. The molecule has 0 atom stereocenters. The van der Waals surface area contributed by atoms with Crippen molar-refractivity contribution in [1.29, 1.82) is 0 Å². The minimum atomic E-state index is -0.365. The molecule has 0 radical (unpaired) electrons. The Bertz CT molecular complexity index is 714. The van der Waals surface area contributed by atoms with Gasteiger partial charge in [-0.05, 0) is 42.3 Å². The van der Waals surface area contributed by atoms with Crippen LogP contribution in [-0.2, 0) is 16.0 Å². The third-order valence-corrected chi connectivity index (χ3v) is 3.75. The number of para-hydroxylation sites is 1. The number of nitrogens with one attached hydrogen (secondary N) is 1. The molecule has 2 aromatic rings. The van der Waals surface area contributed by atoms with Gasteiger partial charge in [0.15, 0.2) is 0 Å². The van der Waals surface area contributed by atoms with Crippen LogP contribution in [0.5, 0.6) is 0 Å². The van der Waals surface area contributed by atoms with Gasteiger partial charge in [0.2, 0.25) is 11.8 Å². The molecule has 1 N–H and O–H groups in total. The van der Waals surface area contributed by atoms with E-state index >= 15 is 0 Å². The molecule has 126 valence electrons. The number of rotatable bonds is 6. The molecule has 24 heavy (non-hydrogen) atoms. The third kappa shape index (κ3) is 4.65. The van der Waals surface area contributed by atoms with Crippen molar-refractivity contribution in [3.63, 3.8) is 0 Å². The lowest BCUT2D eigenvalue weighted by atomic mass is 10.1. The number of anilines is 2. The van der Waals surface area contributed by atoms with Crippen molar-refractivity contribution in [1.82, 2.24) is 0 Å². The van der Waals surface area contributed by atoms with E-state index in [2.05, 4.69) is 5.32 Å². The Morgan fingerprint density at radius 1 is 1.08 bits per heavy atom. The van der Waals surface area contributed by atoms with Crippen molar-refractivity contribution in [2.24, 2.45) is 0 Å².